The Labute approximate surface area is 177 Å². The largest absolute Gasteiger partial charge is 0.332 e. The molecule has 0 amide bonds. The average Bonchev–Trinajstić information content (AvgIpc) is 3.33. The van der Waals surface area contributed by atoms with E-state index < -0.39 is 10.0 Å². The third kappa shape index (κ3) is 3.85. The number of fused-ring (bicyclic) bond motifs is 1. The van der Waals surface area contributed by atoms with Crippen molar-refractivity contribution in [3.05, 3.63) is 52.8 Å². The molecule has 0 saturated heterocycles. The molecule has 4 aromatic rings. The molecule has 0 unspecified atom stereocenters. The van der Waals surface area contributed by atoms with E-state index in [-0.39, 0.29) is 5.89 Å². The molecule has 0 spiro atoms. The van der Waals surface area contributed by atoms with Crippen LogP contribution in [0, 0.1) is 11.3 Å². The fourth-order valence-electron chi connectivity index (χ4n) is 3.04. The number of imidazole rings is 1. The van der Waals surface area contributed by atoms with Gasteiger partial charge < -0.3 is 8.92 Å². The molecule has 0 radical (unpaired) electrons. The number of aryl methyl sites for hydroxylation is 1. The van der Waals surface area contributed by atoms with Crippen LogP contribution in [0.3, 0.4) is 0 Å². The van der Waals surface area contributed by atoms with Gasteiger partial charge in [-0.3, -0.25) is 4.72 Å². The number of anilines is 1. The molecule has 0 saturated carbocycles. The minimum atomic E-state index is -3.37. The van der Waals surface area contributed by atoms with Crippen molar-refractivity contribution in [2.75, 3.05) is 11.0 Å². The predicted molar refractivity (Wildman–Crippen MR) is 111 cm³/mol. The number of aromatic nitrogens is 4. The quantitative estimate of drug-likeness (QED) is 0.501. The summed E-state index contributed by atoms with van der Waals surface area (Å²) in [6.07, 6.45) is 5.00. The maximum atomic E-state index is 11.5. The summed E-state index contributed by atoms with van der Waals surface area (Å²) in [5.74, 6) is 0.553. The van der Waals surface area contributed by atoms with Gasteiger partial charge in [-0.25, -0.2) is 13.4 Å². The lowest BCUT2D eigenvalue weighted by Gasteiger charge is -2.08. The van der Waals surface area contributed by atoms with Crippen LogP contribution in [0.2, 0.25) is 5.02 Å². The van der Waals surface area contributed by atoms with Crippen molar-refractivity contribution >= 4 is 33.0 Å². The Morgan fingerprint density at radius 2 is 2.07 bits per heavy atom. The van der Waals surface area contributed by atoms with Crippen LogP contribution >= 0.6 is 11.6 Å². The van der Waals surface area contributed by atoms with E-state index >= 15 is 0 Å². The summed E-state index contributed by atoms with van der Waals surface area (Å²) in [7, 11) is -3.37. The van der Waals surface area contributed by atoms with Gasteiger partial charge in [-0.2, -0.15) is 10.2 Å². The number of pyridine rings is 1. The second-order valence-corrected chi connectivity index (χ2v) is 8.72. The zero-order valence-electron chi connectivity index (χ0n) is 15.9. The van der Waals surface area contributed by atoms with E-state index in [2.05, 4.69) is 19.8 Å². The number of hydrogen-bond donors (Lipinski definition) is 1. The summed E-state index contributed by atoms with van der Waals surface area (Å²) < 4.78 is 32.4. The number of halogens is 1. The number of nitrogens with zero attached hydrogens (tertiary/aromatic N) is 5. The number of nitrogens with one attached hydrogen (secondary N) is 1. The van der Waals surface area contributed by atoms with E-state index in [9.17, 15) is 8.42 Å². The van der Waals surface area contributed by atoms with E-state index in [4.69, 9.17) is 21.4 Å². The van der Waals surface area contributed by atoms with Crippen molar-refractivity contribution in [1.82, 2.24) is 19.5 Å². The minimum Gasteiger partial charge on any atom is -0.332 e. The second-order valence-electron chi connectivity index (χ2n) is 6.57. The van der Waals surface area contributed by atoms with Crippen molar-refractivity contribution in [2.45, 2.75) is 13.3 Å². The smallest absolute Gasteiger partial charge is 0.278 e. The fraction of sp³-hybridized carbons (Fsp3) is 0.158. The maximum Gasteiger partial charge on any atom is 0.278 e. The number of benzene rings is 1. The molecule has 4 rings (SSSR count). The van der Waals surface area contributed by atoms with Gasteiger partial charge in [-0.05, 0) is 36.2 Å². The van der Waals surface area contributed by atoms with E-state index in [1.807, 2.05) is 13.0 Å². The normalized spacial score (nSPS) is 11.5. The summed E-state index contributed by atoms with van der Waals surface area (Å²) in [6, 6.07) is 8.68. The highest BCUT2D eigenvalue weighted by Crippen LogP contribution is 2.28. The molecule has 0 aliphatic carbocycles. The lowest BCUT2D eigenvalue weighted by atomic mass is 10.0. The molecule has 0 atom stereocenters. The maximum absolute atomic E-state index is 11.5. The Hall–Kier alpha value is -3.42. The first kappa shape index (κ1) is 19.9. The summed E-state index contributed by atoms with van der Waals surface area (Å²) in [6.45, 7) is 1.95. The average molecular weight is 443 g/mol. The van der Waals surface area contributed by atoms with Gasteiger partial charge >= 0.3 is 0 Å². The van der Waals surface area contributed by atoms with Crippen LogP contribution < -0.4 is 4.72 Å². The molecule has 9 nitrogen and oxygen atoms in total. The molecule has 1 aromatic carbocycles. The van der Waals surface area contributed by atoms with Gasteiger partial charge in [0.05, 0.1) is 16.8 Å². The number of hydrogen-bond acceptors (Lipinski definition) is 7. The number of rotatable bonds is 5. The number of sulfonamides is 1. The Morgan fingerprint density at radius 3 is 2.77 bits per heavy atom. The molecular formula is C19H15ClN6O3S. The first-order valence-corrected chi connectivity index (χ1v) is 11.1. The highest BCUT2D eigenvalue weighted by atomic mass is 35.5. The van der Waals surface area contributed by atoms with Crippen molar-refractivity contribution in [3.8, 4) is 29.0 Å². The number of nitriles is 1. The van der Waals surface area contributed by atoms with E-state index in [0.717, 1.165) is 17.4 Å². The van der Waals surface area contributed by atoms with E-state index in [1.54, 1.807) is 35.0 Å². The lowest BCUT2D eigenvalue weighted by molar-refractivity contribution is 0.431. The van der Waals surface area contributed by atoms with Gasteiger partial charge in [0.2, 0.25) is 15.8 Å². The van der Waals surface area contributed by atoms with Crippen LogP contribution in [-0.2, 0) is 16.4 Å². The molecule has 152 valence electrons. The molecule has 0 bridgehead atoms. The Morgan fingerprint density at radius 1 is 1.27 bits per heavy atom. The highest BCUT2D eigenvalue weighted by molar-refractivity contribution is 7.92. The molecule has 0 fully saturated rings. The Bertz CT molecular complexity index is 1420. The van der Waals surface area contributed by atoms with Gasteiger partial charge in [0.25, 0.3) is 5.89 Å². The summed E-state index contributed by atoms with van der Waals surface area (Å²) in [5, 5.41) is 13.5. The summed E-state index contributed by atoms with van der Waals surface area (Å²) in [4.78, 5) is 8.84. The molecule has 3 aromatic heterocycles. The molecule has 3 heterocycles. The Kier molecular flexibility index (Phi) is 4.93. The monoisotopic (exact) mass is 442 g/mol. The SMILES string of the molecule is CCc1cc(NS(C)(=O)=O)ccc1-c1noc(-c2cn3cc(C#N)cc(Cl)c3n2)n1. The van der Waals surface area contributed by atoms with E-state index in [1.165, 1.54) is 6.07 Å². The van der Waals surface area contributed by atoms with Crippen LogP contribution in [0.1, 0.15) is 18.1 Å². The zero-order chi connectivity index (χ0) is 21.5. The molecule has 30 heavy (non-hydrogen) atoms. The van der Waals surface area contributed by atoms with Crippen LogP contribution in [0.25, 0.3) is 28.6 Å². The van der Waals surface area contributed by atoms with Crippen LogP contribution in [-0.4, -0.2) is 34.2 Å². The van der Waals surface area contributed by atoms with Gasteiger partial charge in [-0.15, -0.1) is 0 Å². The summed E-state index contributed by atoms with van der Waals surface area (Å²) in [5.41, 5.74) is 3.32. The van der Waals surface area contributed by atoms with Gasteiger partial charge in [0.1, 0.15) is 11.8 Å². The molecular weight excluding hydrogens is 428 g/mol. The first-order valence-electron chi connectivity index (χ1n) is 8.81. The van der Waals surface area contributed by atoms with Gasteiger partial charge in [0, 0.05) is 23.6 Å². The Balaban J connectivity index is 1.72. The van der Waals surface area contributed by atoms with Crippen molar-refractivity contribution in [3.63, 3.8) is 0 Å². The topological polar surface area (TPSA) is 126 Å². The van der Waals surface area contributed by atoms with Crippen LogP contribution in [0.4, 0.5) is 5.69 Å². The van der Waals surface area contributed by atoms with Gasteiger partial charge in [-0.1, -0.05) is 23.7 Å². The highest BCUT2D eigenvalue weighted by Gasteiger charge is 2.17. The van der Waals surface area contributed by atoms with Crippen molar-refractivity contribution < 1.29 is 12.9 Å². The third-order valence-corrected chi connectivity index (χ3v) is 5.20. The summed E-state index contributed by atoms with van der Waals surface area (Å²) >= 11 is 6.19. The minimum absolute atomic E-state index is 0.198. The molecule has 0 aliphatic heterocycles. The van der Waals surface area contributed by atoms with E-state index in [0.29, 0.717) is 39.9 Å². The second kappa shape index (κ2) is 7.44. The molecule has 1 N–H and O–H groups in total. The lowest BCUT2D eigenvalue weighted by Crippen LogP contribution is -2.09. The van der Waals surface area contributed by atoms with Crippen molar-refractivity contribution in [2.24, 2.45) is 0 Å². The van der Waals surface area contributed by atoms with Crippen molar-refractivity contribution in [1.29, 1.82) is 5.26 Å². The van der Waals surface area contributed by atoms with Crippen LogP contribution in [0.5, 0.6) is 0 Å². The fourth-order valence-corrected chi connectivity index (χ4v) is 3.85. The van der Waals surface area contributed by atoms with Crippen LogP contribution in [0.15, 0.2) is 41.2 Å². The molecule has 11 heteroatoms. The van der Waals surface area contributed by atoms with Gasteiger partial charge in [0.15, 0.2) is 5.65 Å². The standard InChI is InChI=1S/C19H15ClN6O3S/c1-3-12-7-13(25-30(2,27)28)4-5-14(12)17-23-19(29-24-17)16-10-26-9-11(8-21)6-15(20)18(26)22-16/h4-7,9-10,25H,3H2,1-2H3. The first-order chi connectivity index (χ1) is 14.3. The third-order valence-electron chi connectivity index (χ3n) is 4.31. The zero-order valence-corrected chi connectivity index (χ0v) is 17.5. The molecule has 0 aliphatic rings. The predicted octanol–water partition coefficient (Wildman–Crippen LogP) is 3.51.